The maximum Gasteiger partial charge on any atom is 0.230 e. The van der Waals surface area contributed by atoms with Gasteiger partial charge in [0.25, 0.3) is 0 Å². The molecule has 1 N–H and O–H groups in total. The second kappa shape index (κ2) is 8.13. The van der Waals surface area contributed by atoms with Crippen LogP contribution in [-0.2, 0) is 17.1 Å². The Morgan fingerprint density at radius 2 is 1.86 bits per heavy atom. The highest BCUT2D eigenvalue weighted by Gasteiger charge is 2.02. The third kappa shape index (κ3) is 5.33. The fourth-order valence-corrected chi connectivity index (χ4v) is 2.64. The van der Waals surface area contributed by atoms with Gasteiger partial charge in [-0.3, -0.25) is 4.79 Å². The summed E-state index contributed by atoms with van der Waals surface area (Å²) < 4.78 is 0. The van der Waals surface area contributed by atoms with Crippen molar-refractivity contribution in [3.8, 4) is 6.07 Å². The molecule has 2 aromatic carbocycles. The molecule has 0 aliphatic carbocycles. The van der Waals surface area contributed by atoms with E-state index >= 15 is 0 Å². The van der Waals surface area contributed by atoms with Crippen LogP contribution in [0.4, 0.5) is 0 Å². The molecule has 0 bridgehead atoms. The number of benzene rings is 2. The van der Waals surface area contributed by atoms with Crippen molar-refractivity contribution in [2.75, 3.05) is 5.75 Å². The number of nitrogens with one attached hydrogen (secondary N) is 1. The maximum absolute atomic E-state index is 11.7. The first-order valence-corrected chi connectivity index (χ1v) is 7.81. The van der Waals surface area contributed by atoms with Crippen LogP contribution in [0.15, 0.2) is 54.6 Å². The Kier molecular flexibility index (Phi) is 5.86. The lowest BCUT2D eigenvalue weighted by molar-refractivity contribution is -0.118. The van der Waals surface area contributed by atoms with Crippen molar-refractivity contribution in [1.82, 2.24) is 5.32 Å². The molecule has 0 unspecified atom stereocenters. The number of thioether (sulfide) groups is 1. The third-order valence-corrected chi connectivity index (χ3v) is 3.89. The first-order chi connectivity index (χ1) is 10.3. The minimum absolute atomic E-state index is 0.0280. The van der Waals surface area contributed by atoms with Gasteiger partial charge in [-0.1, -0.05) is 42.5 Å². The molecule has 3 nitrogen and oxygen atoms in total. The van der Waals surface area contributed by atoms with E-state index in [1.165, 1.54) is 0 Å². The second-order valence-corrected chi connectivity index (χ2v) is 5.55. The van der Waals surface area contributed by atoms with Gasteiger partial charge in [0.15, 0.2) is 0 Å². The van der Waals surface area contributed by atoms with Crippen LogP contribution < -0.4 is 5.32 Å². The van der Waals surface area contributed by atoms with E-state index in [1.54, 1.807) is 17.8 Å². The topological polar surface area (TPSA) is 52.9 Å². The first-order valence-electron chi connectivity index (χ1n) is 6.65. The van der Waals surface area contributed by atoms with Crippen molar-refractivity contribution in [3.63, 3.8) is 0 Å². The predicted octanol–water partition coefficient (Wildman–Crippen LogP) is 3.11. The van der Waals surface area contributed by atoms with Crippen molar-refractivity contribution in [3.05, 3.63) is 71.3 Å². The number of hydrogen-bond donors (Lipinski definition) is 1. The molecular weight excluding hydrogens is 280 g/mol. The minimum atomic E-state index is 0.0280. The van der Waals surface area contributed by atoms with Crippen LogP contribution in [0.25, 0.3) is 0 Å². The Bertz CT molecular complexity index is 635. The number of carbonyl (C=O) groups is 1. The van der Waals surface area contributed by atoms with Gasteiger partial charge in [0, 0.05) is 12.3 Å². The van der Waals surface area contributed by atoms with E-state index in [9.17, 15) is 4.79 Å². The van der Waals surface area contributed by atoms with Crippen LogP contribution in [-0.4, -0.2) is 11.7 Å². The number of nitriles is 1. The third-order valence-electron chi connectivity index (χ3n) is 2.89. The van der Waals surface area contributed by atoms with Crippen LogP contribution in [0.3, 0.4) is 0 Å². The van der Waals surface area contributed by atoms with Crippen LogP contribution >= 0.6 is 11.8 Å². The largest absolute Gasteiger partial charge is 0.351 e. The van der Waals surface area contributed by atoms with Gasteiger partial charge in [0.05, 0.1) is 17.4 Å². The highest BCUT2D eigenvalue weighted by molar-refractivity contribution is 7.99. The molecule has 0 aromatic heterocycles. The molecule has 2 rings (SSSR count). The summed E-state index contributed by atoms with van der Waals surface area (Å²) in [5.41, 5.74) is 2.81. The molecule has 0 atom stereocenters. The summed E-state index contributed by atoms with van der Waals surface area (Å²) >= 11 is 1.55. The summed E-state index contributed by atoms with van der Waals surface area (Å²) in [6, 6.07) is 19.4. The zero-order chi connectivity index (χ0) is 14.9. The van der Waals surface area contributed by atoms with Crippen LogP contribution in [0, 0.1) is 11.3 Å². The van der Waals surface area contributed by atoms with E-state index in [1.807, 2.05) is 48.5 Å². The van der Waals surface area contributed by atoms with Crippen LogP contribution in [0.5, 0.6) is 0 Å². The molecule has 1 amide bonds. The highest BCUT2D eigenvalue weighted by Crippen LogP contribution is 2.13. The first kappa shape index (κ1) is 15.1. The Morgan fingerprint density at radius 3 is 2.62 bits per heavy atom. The standard InChI is InChI=1S/C17H16N2OS/c18-10-15-7-4-8-16(9-15)12-21-13-17(20)19-11-14-5-2-1-3-6-14/h1-9H,11-13H2,(H,19,20). The minimum Gasteiger partial charge on any atom is -0.351 e. The van der Waals surface area contributed by atoms with Crippen molar-refractivity contribution >= 4 is 17.7 Å². The van der Waals surface area contributed by atoms with Gasteiger partial charge in [-0.15, -0.1) is 11.8 Å². The molecule has 0 fully saturated rings. The smallest absolute Gasteiger partial charge is 0.230 e. The zero-order valence-electron chi connectivity index (χ0n) is 11.6. The summed E-state index contributed by atoms with van der Waals surface area (Å²) in [5, 5.41) is 11.7. The normalized spacial score (nSPS) is 9.86. The van der Waals surface area contributed by atoms with Crippen LogP contribution in [0.1, 0.15) is 16.7 Å². The number of carbonyl (C=O) groups excluding carboxylic acids is 1. The fraction of sp³-hybridized carbons (Fsp3) is 0.176. The molecule has 21 heavy (non-hydrogen) atoms. The molecule has 2 aromatic rings. The van der Waals surface area contributed by atoms with Crippen molar-refractivity contribution in [1.29, 1.82) is 5.26 Å². The van der Waals surface area contributed by atoms with Gasteiger partial charge in [-0.25, -0.2) is 0 Å². The summed E-state index contributed by atoms with van der Waals surface area (Å²) in [4.78, 5) is 11.7. The molecule has 0 saturated heterocycles. The lowest BCUT2D eigenvalue weighted by Crippen LogP contribution is -2.24. The Hall–Kier alpha value is -2.25. The van der Waals surface area contributed by atoms with E-state index in [0.717, 1.165) is 16.9 Å². The molecule has 4 heteroatoms. The summed E-state index contributed by atoms with van der Waals surface area (Å²) in [7, 11) is 0. The molecule has 0 aliphatic rings. The van der Waals surface area contributed by atoms with Crippen molar-refractivity contribution < 1.29 is 4.79 Å². The highest BCUT2D eigenvalue weighted by atomic mass is 32.2. The fourth-order valence-electron chi connectivity index (χ4n) is 1.84. The van der Waals surface area contributed by atoms with Crippen molar-refractivity contribution in [2.45, 2.75) is 12.3 Å². The summed E-state index contributed by atoms with van der Waals surface area (Å²) in [5.74, 6) is 1.18. The summed E-state index contributed by atoms with van der Waals surface area (Å²) in [6.45, 7) is 0.560. The van der Waals surface area contributed by atoms with E-state index in [2.05, 4.69) is 11.4 Å². The molecule has 0 heterocycles. The lowest BCUT2D eigenvalue weighted by atomic mass is 10.2. The average Bonchev–Trinajstić information content (AvgIpc) is 2.54. The maximum atomic E-state index is 11.7. The molecule has 0 aliphatic heterocycles. The van der Waals surface area contributed by atoms with E-state index in [4.69, 9.17) is 5.26 Å². The van der Waals surface area contributed by atoms with E-state index < -0.39 is 0 Å². The van der Waals surface area contributed by atoms with E-state index in [0.29, 0.717) is 17.9 Å². The molecule has 0 radical (unpaired) electrons. The second-order valence-electron chi connectivity index (χ2n) is 4.57. The lowest BCUT2D eigenvalue weighted by Gasteiger charge is -2.05. The Balaban J connectivity index is 1.71. The Labute approximate surface area is 129 Å². The van der Waals surface area contributed by atoms with E-state index in [-0.39, 0.29) is 5.91 Å². The number of rotatable bonds is 6. The summed E-state index contributed by atoms with van der Waals surface area (Å²) in [6.07, 6.45) is 0. The van der Waals surface area contributed by atoms with Gasteiger partial charge in [0.1, 0.15) is 0 Å². The van der Waals surface area contributed by atoms with Gasteiger partial charge >= 0.3 is 0 Å². The van der Waals surface area contributed by atoms with Gasteiger partial charge < -0.3 is 5.32 Å². The number of nitrogens with zero attached hydrogens (tertiary/aromatic N) is 1. The molecule has 0 spiro atoms. The zero-order valence-corrected chi connectivity index (χ0v) is 12.4. The predicted molar refractivity (Wildman–Crippen MR) is 85.6 cm³/mol. The van der Waals surface area contributed by atoms with Crippen molar-refractivity contribution in [2.24, 2.45) is 0 Å². The average molecular weight is 296 g/mol. The number of hydrogen-bond acceptors (Lipinski definition) is 3. The van der Waals surface area contributed by atoms with Crippen LogP contribution in [0.2, 0.25) is 0 Å². The molecular formula is C17H16N2OS. The SMILES string of the molecule is N#Cc1cccc(CSCC(=O)NCc2ccccc2)c1. The van der Waals surface area contributed by atoms with Gasteiger partial charge in [0.2, 0.25) is 5.91 Å². The van der Waals surface area contributed by atoms with Gasteiger partial charge in [-0.05, 0) is 23.3 Å². The molecule has 106 valence electrons. The quantitative estimate of drug-likeness (QED) is 0.891. The van der Waals surface area contributed by atoms with Gasteiger partial charge in [-0.2, -0.15) is 5.26 Å². The monoisotopic (exact) mass is 296 g/mol. The Morgan fingerprint density at radius 1 is 1.10 bits per heavy atom. The number of amides is 1. The molecule has 0 saturated carbocycles.